The second-order valence-corrected chi connectivity index (χ2v) is 8.94. The van der Waals surface area contributed by atoms with Gasteiger partial charge in [0.05, 0.1) is 23.8 Å². The number of rotatable bonds is 5. The molecule has 0 amide bonds. The Bertz CT molecular complexity index is 976. The van der Waals surface area contributed by atoms with Gasteiger partial charge in [0.2, 0.25) is 0 Å². The van der Waals surface area contributed by atoms with Crippen molar-refractivity contribution in [2.24, 2.45) is 0 Å². The maximum atomic E-state index is 13.3. The number of anilines is 1. The Morgan fingerprint density at radius 1 is 1.10 bits per heavy atom. The largest absolute Gasteiger partial charge is 0.609 e. The number of alkyl halides is 3. The van der Waals surface area contributed by atoms with Crippen LogP contribution >= 0.6 is 11.3 Å². The average Bonchev–Trinajstić information content (AvgIpc) is 3.29. The molecule has 1 unspecified atom stereocenters. The zero-order valence-corrected chi connectivity index (χ0v) is 17.4. The molecular weight excluding hydrogens is 435 g/mol. The number of halogens is 3. The number of morpholine rings is 1. The second-order valence-electron chi connectivity index (χ2n) is 6.65. The molecule has 1 saturated heterocycles. The summed E-state index contributed by atoms with van der Waals surface area (Å²) in [6.07, 6.45) is -4.65. The summed E-state index contributed by atoms with van der Waals surface area (Å²) in [7, 11) is 0. The average molecular weight is 454 g/mol. The van der Waals surface area contributed by atoms with E-state index in [-0.39, 0.29) is 16.6 Å². The Balaban J connectivity index is 1.55. The lowest BCUT2D eigenvalue weighted by atomic mass is 10.2. The molecule has 1 aliphatic heterocycles. The van der Waals surface area contributed by atoms with Crippen molar-refractivity contribution < 1.29 is 22.5 Å². The fourth-order valence-corrected chi connectivity index (χ4v) is 4.77. The Morgan fingerprint density at radius 3 is 2.47 bits per heavy atom. The summed E-state index contributed by atoms with van der Waals surface area (Å²) in [4.78, 5) is 10.5. The highest BCUT2D eigenvalue weighted by molar-refractivity contribution is 7.90. The monoisotopic (exact) mass is 453 g/mol. The molecule has 1 fully saturated rings. The minimum Gasteiger partial charge on any atom is -0.609 e. The second kappa shape index (κ2) is 8.93. The van der Waals surface area contributed by atoms with E-state index in [1.54, 1.807) is 17.5 Å². The van der Waals surface area contributed by atoms with Crippen molar-refractivity contribution in [1.29, 1.82) is 0 Å². The van der Waals surface area contributed by atoms with E-state index in [1.165, 1.54) is 11.3 Å². The minimum atomic E-state index is -4.65. The van der Waals surface area contributed by atoms with E-state index in [2.05, 4.69) is 14.9 Å². The standard InChI is InChI=1S/C20H18F3N3O2S2/c21-20(22,23)18-12-16(17-2-1-11-29-17)24-19(25-18)30(27)13-14-3-5-15(6-4-14)26-7-9-28-10-8-26/h1-6,11-12H,7-10,13H2. The van der Waals surface area contributed by atoms with Crippen LogP contribution in [0.2, 0.25) is 0 Å². The van der Waals surface area contributed by atoms with Crippen LogP contribution in [-0.4, -0.2) is 40.8 Å². The van der Waals surface area contributed by atoms with Gasteiger partial charge < -0.3 is 14.2 Å². The summed E-state index contributed by atoms with van der Waals surface area (Å²) < 4.78 is 58.0. The molecule has 0 aliphatic carbocycles. The van der Waals surface area contributed by atoms with E-state index in [0.717, 1.165) is 30.4 Å². The van der Waals surface area contributed by atoms with Crippen LogP contribution in [0.5, 0.6) is 0 Å². The van der Waals surface area contributed by atoms with Crippen molar-refractivity contribution in [2.75, 3.05) is 31.2 Å². The molecular formula is C20H18F3N3O2S2. The van der Waals surface area contributed by atoms with Crippen LogP contribution in [0.15, 0.2) is 53.0 Å². The highest BCUT2D eigenvalue weighted by Crippen LogP contribution is 2.32. The zero-order chi connectivity index (χ0) is 21.1. The van der Waals surface area contributed by atoms with Crippen molar-refractivity contribution in [3.05, 3.63) is 59.1 Å². The number of thiophene rings is 1. The summed E-state index contributed by atoms with van der Waals surface area (Å²) in [5, 5.41) is 1.43. The van der Waals surface area contributed by atoms with Gasteiger partial charge in [-0.15, -0.1) is 11.3 Å². The van der Waals surface area contributed by atoms with Crippen molar-refractivity contribution in [3.63, 3.8) is 0 Å². The lowest BCUT2D eigenvalue weighted by Crippen LogP contribution is -2.36. The van der Waals surface area contributed by atoms with Crippen LogP contribution < -0.4 is 4.90 Å². The van der Waals surface area contributed by atoms with Crippen molar-refractivity contribution in [3.8, 4) is 10.6 Å². The molecule has 2 aromatic heterocycles. The molecule has 30 heavy (non-hydrogen) atoms. The highest BCUT2D eigenvalue weighted by atomic mass is 32.2. The predicted octanol–water partition coefficient (Wildman–Crippen LogP) is 4.37. The van der Waals surface area contributed by atoms with Crippen molar-refractivity contribution in [2.45, 2.75) is 17.1 Å². The van der Waals surface area contributed by atoms with Gasteiger partial charge in [-0.25, -0.2) is 0 Å². The van der Waals surface area contributed by atoms with Gasteiger partial charge in [0.15, 0.2) is 5.69 Å². The third kappa shape index (κ3) is 4.94. The Kier molecular flexibility index (Phi) is 6.28. The highest BCUT2D eigenvalue weighted by Gasteiger charge is 2.35. The third-order valence-electron chi connectivity index (χ3n) is 4.58. The van der Waals surface area contributed by atoms with Gasteiger partial charge in [0.1, 0.15) is 5.75 Å². The van der Waals surface area contributed by atoms with Crippen LogP contribution in [-0.2, 0) is 27.8 Å². The van der Waals surface area contributed by atoms with Gasteiger partial charge in [-0.2, -0.15) is 23.1 Å². The molecule has 1 aromatic carbocycles. The molecule has 3 heterocycles. The van der Waals surface area contributed by atoms with E-state index in [1.807, 2.05) is 24.3 Å². The zero-order valence-electron chi connectivity index (χ0n) is 15.8. The summed E-state index contributed by atoms with van der Waals surface area (Å²) in [6, 6.07) is 11.8. The molecule has 3 aromatic rings. The summed E-state index contributed by atoms with van der Waals surface area (Å²) in [5.74, 6) is 0.0363. The lowest BCUT2D eigenvalue weighted by Gasteiger charge is -2.28. The smallest absolute Gasteiger partial charge is 0.433 e. The SMILES string of the molecule is [O-][S+](Cc1ccc(N2CCOCC2)cc1)c1nc(-c2cccs2)cc(C(F)(F)F)n1. The maximum absolute atomic E-state index is 13.3. The Labute approximate surface area is 178 Å². The molecule has 5 nitrogen and oxygen atoms in total. The molecule has 0 radical (unpaired) electrons. The predicted molar refractivity (Wildman–Crippen MR) is 110 cm³/mol. The first kappa shape index (κ1) is 21.1. The molecule has 10 heteroatoms. The van der Waals surface area contributed by atoms with Gasteiger partial charge in [-0.1, -0.05) is 18.2 Å². The van der Waals surface area contributed by atoms with Crippen LogP contribution in [0.4, 0.5) is 18.9 Å². The van der Waals surface area contributed by atoms with E-state index in [0.29, 0.717) is 18.1 Å². The first-order valence-corrected chi connectivity index (χ1v) is 11.4. The van der Waals surface area contributed by atoms with Crippen LogP contribution in [0.1, 0.15) is 11.3 Å². The number of ether oxygens (including phenoxy) is 1. The first-order valence-electron chi connectivity index (χ1n) is 9.20. The van der Waals surface area contributed by atoms with Crippen LogP contribution in [0.3, 0.4) is 0 Å². The maximum Gasteiger partial charge on any atom is 0.433 e. The van der Waals surface area contributed by atoms with Crippen LogP contribution in [0.25, 0.3) is 10.6 Å². The first-order chi connectivity index (χ1) is 14.4. The van der Waals surface area contributed by atoms with Crippen molar-refractivity contribution in [1.82, 2.24) is 9.97 Å². The molecule has 1 aliphatic rings. The van der Waals surface area contributed by atoms with E-state index in [9.17, 15) is 17.7 Å². The molecule has 158 valence electrons. The lowest BCUT2D eigenvalue weighted by molar-refractivity contribution is -0.141. The van der Waals surface area contributed by atoms with E-state index >= 15 is 0 Å². The number of aromatic nitrogens is 2. The third-order valence-corrected chi connectivity index (χ3v) is 6.66. The number of nitrogens with zero attached hydrogens (tertiary/aromatic N) is 3. The van der Waals surface area contributed by atoms with Gasteiger partial charge in [-0.3, -0.25) is 0 Å². The number of benzene rings is 1. The number of hydrogen-bond acceptors (Lipinski definition) is 6. The Hall–Kier alpha value is -2.14. The fraction of sp³-hybridized carbons (Fsp3) is 0.300. The molecule has 0 saturated carbocycles. The molecule has 1 atom stereocenters. The van der Waals surface area contributed by atoms with Gasteiger partial charge in [0.25, 0.3) is 0 Å². The molecule has 0 N–H and O–H groups in total. The van der Waals surface area contributed by atoms with Gasteiger partial charge >= 0.3 is 11.3 Å². The Morgan fingerprint density at radius 2 is 1.83 bits per heavy atom. The van der Waals surface area contributed by atoms with E-state index in [4.69, 9.17) is 4.74 Å². The summed E-state index contributed by atoms with van der Waals surface area (Å²) in [6.45, 7) is 2.94. The van der Waals surface area contributed by atoms with Gasteiger partial charge in [0, 0.05) is 35.5 Å². The fourth-order valence-electron chi connectivity index (χ4n) is 3.06. The quantitative estimate of drug-likeness (QED) is 0.424. The van der Waals surface area contributed by atoms with Crippen molar-refractivity contribution >= 4 is 28.2 Å². The van der Waals surface area contributed by atoms with E-state index < -0.39 is 23.0 Å². The molecule has 0 spiro atoms. The summed E-state index contributed by atoms with van der Waals surface area (Å²) in [5.41, 5.74) is 0.803. The topological polar surface area (TPSA) is 61.3 Å². The normalized spacial score (nSPS) is 15.9. The summed E-state index contributed by atoms with van der Waals surface area (Å²) >= 11 is -0.549. The minimum absolute atomic E-state index is 0.0363. The number of hydrogen-bond donors (Lipinski definition) is 0. The van der Waals surface area contributed by atoms with Gasteiger partial charge in [-0.05, 0) is 29.6 Å². The molecule has 4 rings (SSSR count). The molecule has 0 bridgehead atoms. The van der Waals surface area contributed by atoms with Crippen LogP contribution in [0, 0.1) is 0 Å².